The maximum Gasteiger partial charge on any atom is 0.333 e. The van der Waals surface area contributed by atoms with E-state index in [1.807, 2.05) is 0 Å². The molecule has 1 saturated carbocycles. The van der Waals surface area contributed by atoms with Crippen molar-refractivity contribution in [1.82, 2.24) is 14.6 Å². The summed E-state index contributed by atoms with van der Waals surface area (Å²) in [6, 6.07) is 8.21. The Morgan fingerprint density at radius 2 is 2.09 bits per heavy atom. The largest absolute Gasteiger partial charge is 0.464 e. The molecule has 4 atom stereocenters. The van der Waals surface area contributed by atoms with Crippen molar-refractivity contribution in [2.45, 2.75) is 24.7 Å². The molecule has 33 heavy (non-hydrogen) atoms. The van der Waals surface area contributed by atoms with Crippen molar-refractivity contribution in [2.75, 3.05) is 11.9 Å². The summed E-state index contributed by atoms with van der Waals surface area (Å²) in [7, 11) is -4.15. The number of aromatic nitrogens is 3. The molecule has 4 aromatic rings. The highest BCUT2D eigenvalue weighted by molar-refractivity contribution is 7.84. The average Bonchev–Trinajstić information content (AvgIpc) is 3.44. The van der Waals surface area contributed by atoms with Gasteiger partial charge in [0.05, 0.1) is 24.4 Å². The number of nitrogens with two attached hydrogens (primary N) is 1. The second-order valence-electron chi connectivity index (χ2n) is 7.92. The highest BCUT2D eigenvalue weighted by Crippen LogP contribution is 2.33. The second-order valence-corrected chi connectivity index (χ2v) is 9.58. The van der Waals surface area contributed by atoms with Gasteiger partial charge in [-0.2, -0.15) is 18.0 Å². The maximum absolute atomic E-state index is 11.1. The summed E-state index contributed by atoms with van der Waals surface area (Å²) in [6.45, 7) is -0.330. The fourth-order valence-corrected chi connectivity index (χ4v) is 4.68. The predicted molar refractivity (Wildman–Crippen MR) is 120 cm³/mol. The third kappa shape index (κ3) is 4.28. The van der Waals surface area contributed by atoms with E-state index in [9.17, 15) is 18.6 Å². The van der Waals surface area contributed by atoms with Crippen LogP contribution in [0.15, 0.2) is 47.2 Å². The summed E-state index contributed by atoms with van der Waals surface area (Å²) in [5, 5.41) is 34.8. The van der Waals surface area contributed by atoms with Crippen molar-refractivity contribution in [3.05, 3.63) is 47.8 Å². The molecule has 13 heteroatoms. The van der Waals surface area contributed by atoms with E-state index < -0.39 is 34.5 Å². The monoisotopic (exact) mass is 493 g/mol. The molecule has 0 saturated heterocycles. The number of anilines is 1. The lowest BCUT2D eigenvalue weighted by atomic mass is 10.1. The molecule has 3 heterocycles. The van der Waals surface area contributed by atoms with E-state index >= 15 is 0 Å². The summed E-state index contributed by atoms with van der Waals surface area (Å²) in [5.74, 6) is -0.0928. The normalized spacial score (nSPS) is 23.5. The molecule has 1 unspecified atom stereocenters. The number of hydrogen-bond donors (Lipinski definition) is 4. The first-order chi connectivity index (χ1) is 15.7. The molecule has 0 amide bonds. The number of rotatable bonds is 6. The fourth-order valence-electron chi connectivity index (χ4n) is 4.14. The summed E-state index contributed by atoms with van der Waals surface area (Å²) >= 11 is 6.14. The smallest absolute Gasteiger partial charge is 0.333 e. The molecular formula is C20H20ClN5O6S. The van der Waals surface area contributed by atoms with E-state index in [4.69, 9.17) is 21.2 Å². The molecule has 3 aromatic heterocycles. The van der Waals surface area contributed by atoms with Gasteiger partial charge in [-0.15, -0.1) is 0 Å². The number of aliphatic hydroxyl groups is 2. The van der Waals surface area contributed by atoms with Crippen LogP contribution in [0.3, 0.4) is 0 Å². The van der Waals surface area contributed by atoms with Gasteiger partial charge in [0.25, 0.3) is 0 Å². The lowest BCUT2D eigenvalue weighted by molar-refractivity contribution is 0.00777. The number of nitrogens with zero attached hydrogens (tertiary/aromatic N) is 3. The Hall–Kier alpha value is -2.74. The van der Waals surface area contributed by atoms with E-state index in [0.29, 0.717) is 27.8 Å². The lowest BCUT2D eigenvalue weighted by Crippen LogP contribution is -2.36. The molecule has 1 aliphatic carbocycles. The molecule has 0 radical (unpaired) electrons. The van der Waals surface area contributed by atoms with E-state index in [1.165, 1.54) is 0 Å². The van der Waals surface area contributed by atoms with Gasteiger partial charge in [-0.25, -0.2) is 10.1 Å². The Bertz CT molecular complexity index is 1440. The van der Waals surface area contributed by atoms with Crippen LogP contribution in [-0.2, 0) is 14.5 Å². The number of furan rings is 1. The van der Waals surface area contributed by atoms with E-state index in [-0.39, 0.29) is 13.0 Å². The molecule has 1 aromatic carbocycles. The number of benzene rings is 1. The molecule has 0 aliphatic heterocycles. The van der Waals surface area contributed by atoms with Gasteiger partial charge in [-0.05, 0) is 30.7 Å². The molecule has 1 fully saturated rings. The van der Waals surface area contributed by atoms with Crippen LogP contribution >= 0.6 is 11.6 Å². The van der Waals surface area contributed by atoms with Crippen molar-refractivity contribution in [3.8, 4) is 11.3 Å². The zero-order valence-corrected chi connectivity index (χ0v) is 18.6. The quantitative estimate of drug-likeness (QED) is 0.311. The number of fused-ring (bicyclic) bond motifs is 2. The summed E-state index contributed by atoms with van der Waals surface area (Å²) < 4.78 is 33.9. The van der Waals surface area contributed by atoms with Gasteiger partial charge in [0, 0.05) is 34.2 Å². The van der Waals surface area contributed by atoms with Crippen LogP contribution in [-0.4, -0.2) is 58.1 Å². The van der Waals surface area contributed by atoms with Crippen LogP contribution in [0.5, 0.6) is 0 Å². The first-order valence-electron chi connectivity index (χ1n) is 10.0. The molecule has 1 aliphatic rings. The maximum atomic E-state index is 11.1. The standard InChI is InChI=1S/C20H20ClN5O6S/c21-11-1-2-16-12(6-11)13(9-31-16)14-7-18-23-4-3-17(26(18)25-14)24-15-5-10(19(27)20(15)28)8-32-33(22,29)30/h1-4,6-7,9-10,15,19-20,24,27-28H,5,8H2,(H2,22,29,30)/t10?,15-,19-,20+/m1/s1. The molecule has 0 spiro atoms. The third-order valence-corrected chi connectivity index (χ3v) is 6.45. The summed E-state index contributed by atoms with van der Waals surface area (Å²) in [5.41, 5.74) is 2.59. The predicted octanol–water partition coefficient (Wildman–Crippen LogP) is 1.54. The first kappa shape index (κ1) is 22.1. The second kappa shape index (κ2) is 8.24. The van der Waals surface area contributed by atoms with Crippen molar-refractivity contribution in [3.63, 3.8) is 0 Å². The topological polar surface area (TPSA) is 165 Å². The zero-order chi connectivity index (χ0) is 23.3. The Balaban J connectivity index is 1.43. The third-order valence-electron chi connectivity index (χ3n) is 5.75. The minimum atomic E-state index is -4.15. The van der Waals surface area contributed by atoms with Gasteiger partial charge in [-0.3, -0.25) is 4.18 Å². The summed E-state index contributed by atoms with van der Waals surface area (Å²) in [4.78, 5) is 4.34. The molecular weight excluding hydrogens is 474 g/mol. The lowest BCUT2D eigenvalue weighted by Gasteiger charge is -2.19. The minimum absolute atomic E-state index is 0.251. The van der Waals surface area contributed by atoms with Gasteiger partial charge >= 0.3 is 10.3 Å². The van der Waals surface area contributed by atoms with Gasteiger partial charge in [0.2, 0.25) is 0 Å². The highest BCUT2D eigenvalue weighted by atomic mass is 35.5. The van der Waals surface area contributed by atoms with Crippen molar-refractivity contribution < 1.29 is 27.2 Å². The minimum Gasteiger partial charge on any atom is -0.464 e. The fraction of sp³-hybridized carbons (Fsp3) is 0.300. The Morgan fingerprint density at radius 1 is 1.27 bits per heavy atom. The summed E-state index contributed by atoms with van der Waals surface area (Å²) in [6.07, 6.45) is 1.10. The molecule has 11 nitrogen and oxygen atoms in total. The molecule has 174 valence electrons. The number of nitrogens with one attached hydrogen (secondary N) is 1. The SMILES string of the molecule is NS(=O)(=O)OCC1C[C@@H](Nc2ccnc3cc(-c4coc5ccc(Cl)cc45)nn23)[C@H](O)[C@@H]1O. The van der Waals surface area contributed by atoms with Gasteiger partial charge in [0.1, 0.15) is 23.8 Å². The van der Waals surface area contributed by atoms with Gasteiger partial charge < -0.3 is 19.9 Å². The van der Waals surface area contributed by atoms with Crippen LogP contribution in [0.1, 0.15) is 6.42 Å². The Labute approximate surface area is 193 Å². The first-order valence-corrected chi connectivity index (χ1v) is 11.9. The number of hydrogen-bond acceptors (Lipinski definition) is 9. The van der Waals surface area contributed by atoms with Gasteiger partial charge in [-0.1, -0.05) is 11.6 Å². The van der Waals surface area contributed by atoms with Crippen LogP contribution in [0.2, 0.25) is 5.02 Å². The number of halogens is 1. The Kier molecular flexibility index (Phi) is 5.51. The molecule has 0 bridgehead atoms. The zero-order valence-electron chi connectivity index (χ0n) is 17.0. The highest BCUT2D eigenvalue weighted by Gasteiger charge is 2.42. The Morgan fingerprint density at radius 3 is 2.88 bits per heavy atom. The average molecular weight is 494 g/mol. The van der Waals surface area contributed by atoms with Crippen molar-refractivity contribution in [1.29, 1.82) is 0 Å². The van der Waals surface area contributed by atoms with Crippen LogP contribution in [0.25, 0.3) is 27.9 Å². The van der Waals surface area contributed by atoms with E-state index in [1.54, 1.807) is 47.3 Å². The van der Waals surface area contributed by atoms with Crippen LogP contribution in [0.4, 0.5) is 5.82 Å². The van der Waals surface area contributed by atoms with Crippen molar-refractivity contribution in [2.24, 2.45) is 11.1 Å². The van der Waals surface area contributed by atoms with Crippen molar-refractivity contribution >= 4 is 44.3 Å². The van der Waals surface area contributed by atoms with Crippen LogP contribution < -0.4 is 10.5 Å². The molecule has 5 rings (SSSR count). The van der Waals surface area contributed by atoms with E-state index in [2.05, 4.69) is 19.6 Å². The number of aliphatic hydroxyl groups excluding tert-OH is 2. The van der Waals surface area contributed by atoms with E-state index in [0.717, 1.165) is 10.9 Å². The van der Waals surface area contributed by atoms with Gasteiger partial charge in [0.15, 0.2) is 5.65 Å². The molecule has 5 N–H and O–H groups in total. The van der Waals surface area contributed by atoms with Crippen LogP contribution in [0, 0.1) is 5.92 Å².